The fraction of sp³-hybridized carbons (Fsp3) is 0.304. The monoisotopic (exact) mass is 472 g/mol. The highest BCUT2D eigenvalue weighted by Gasteiger charge is 2.50. The van der Waals surface area contributed by atoms with Gasteiger partial charge in [-0.05, 0) is 36.5 Å². The minimum absolute atomic E-state index is 0.0230. The van der Waals surface area contributed by atoms with Crippen LogP contribution < -0.4 is 10.0 Å². The van der Waals surface area contributed by atoms with Gasteiger partial charge in [-0.1, -0.05) is 60.1 Å². The predicted octanol–water partition coefficient (Wildman–Crippen LogP) is 3.23. The van der Waals surface area contributed by atoms with Crippen LogP contribution in [-0.2, 0) is 28.3 Å². The van der Waals surface area contributed by atoms with Crippen molar-refractivity contribution >= 4 is 27.5 Å². The second-order valence-electron chi connectivity index (χ2n) is 8.19. The summed E-state index contributed by atoms with van der Waals surface area (Å²) in [5.41, 5.74) is 1.25. The van der Waals surface area contributed by atoms with Crippen molar-refractivity contribution in [3.63, 3.8) is 0 Å². The summed E-state index contributed by atoms with van der Waals surface area (Å²) in [6.07, 6.45) is 4.82. The molecule has 0 radical (unpaired) electrons. The highest BCUT2D eigenvalue weighted by molar-refractivity contribution is 7.89. The van der Waals surface area contributed by atoms with Gasteiger partial charge in [0.2, 0.25) is 15.9 Å². The Labute approximate surface area is 192 Å². The summed E-state index contributed by atoms with van der Waals surface area (Å²) in [6, 6.07) is 16.4. The molecule has 1 atom stereocenters. The Balaban J connectivity index is 1.50. The first-order valence-corrected chi connectivity index (χ1v) is 12.2. The minimum atomic E-state index is -3.75. The maximum absolute atomic E-state index is 13.3. The van der Waals surface area contributed by atoms with Crippen molar-refractivity contribution in [1.82, 2.24) is 19.8 Å². The predicted molar refractivity (Wildman–Crippen MR) is 123 cm³/mol. The van der Waals surface area contributed by atoms with Gasteiger partial charge in [-0.2, -0.15) is 5.10 Å². The summed E-state index contributed by atoms with van der Waals surface area (Å²) >= 11 is 6.31. The molecule has 1 aliphatic rings. The lowest BCUT2D eigenvalue weighted by molar-refractivity contribution is -0.127. The first-order chi connectivity index (χ1) is 15.3. The number of hydrogen-bond acceptors (Lipinski definition) is 4. The summed E-state index contributed by atoms with van der Waals surface area (Å²) in [5, 5.41) is 7.64. The van der Waals surface area contributed by atoms with Crippen LogP contribution in [0.15, 0.2) is 71.9 Å². The van der Waals surface area contributed by atoms with Crippen LogP contribution in [0.4, 0.5) is 0 Å². The summed E-state index contributed by atoms with van der Waals surface area (Å²) in [6.45, 7) is 0.0230. The molecule has 4 rings (SSSR count). The van der Waals surface area contributed by atoms with Gasteiger partial charge in [0, 0.05) is 24.8 Å². The van der Waals surface area contributed by atoms with Crippen molar-refractivity contribution in [3.05, 3.63) is 83.1 Å². The molecule has 3 aromatic rings. The maximum atomic E-state index is 13.3. The maximum Gasteiger partial charge on any atom is 0.243 e. The second kappa shape index (κ2) is 9.05. The molecule has 0 spiro atoms. The van der Waals surface area contributed by atoms with Crippen molar-refractivity contribution in [2.75, 3.05) is 6.54 Å². The Morgan fingerprint density at radius 1 is 1.16 bits per heavy atom. The van der Waals surface area contributed by atoms with Crippen LogP contribution in [0, 0.1) is 5.41 Å². The molecule has 1 saturated carbocycles. The summed E-state index contributed by atoms with van der Waals surface area (Å²) < 4.78 is 29.4. The molecule has 0 bridgehead atoms. The van der Waals surface area contributed by atoms with Crippen LogP contribution in [0.2, 0.25) is 5.02 Å². The third-order valence-electron chi connectivity index (χ3n) is 5.80. The van der Waals surface area contributed by atoms with Crippen molar-refractivity contribution < 1.29 is 13.2 Å². The highest BCUT2D eigenvalue weighted by Crippen LogP contribution is 2.49. The molecule has 168 valence electrons. The Morgan fingerprint density at radius 2 is 1.84 bits per heavy atom. The fourth-order valence-corrected chi connectivity index (χ4v) is 4.94. The number of nitrogens with zero attached hydrogens (tertiary/aromatic N) is 2. The van der Waals surface area contributed by atoms with Gasteiger partial charge in [0.25, 0.3) is 0 Å². The van der Waals surface area contributed by atoms with E-state index in [1.54, 1.807) is 7.05 Å². The number of benzene rings is 2. The van der Waals surface area contributed by atoms with Gasteiger partial charge < -0.3 is 5.32 Å². The summed E-state index contributed by atoms with van der Waals surface area (Å²) in [4.78, 5) is 13.4. The zero-order chi connectivity index (χ0) is 22.8. The number of aromatic nitrogens is 2. The van der Waals surface area contributed by atoms with E-state index in [2.05, 4.69) is 15.1 Å². The first kappa shape index (κ1) is 22.5. The molecule has 32 heavy (non-hydrogen) atoms. The lowest BCUT2D eigenvalue weighted by Gasteiger charge is -2.23. The third-order valence-corrected chi connectivity index (χ3v) is 7.54. The van der Waals surface area contributed by atoms with Crippen LogP contribution in [0.5, 0.6) is 0 Å². The molecule has 0 aliphatic heterocycles. The van der Waals surface area contributed by atoms with Gasteiger partial charge in [0.05, 0.1) is 17.7 Å². The summed E-state index contributed by atoms with van der Waals surface area (Å²) in [5.74, 6) is -0.0909. The van der Waals surface area contributed by atoms with Crippen molar-refractivity contribution in [1.29, 1.82) is 0 Å². The van der Waals surface area contributed by atoms with E-state index in [0.717, 1.165) is 24.0 Å². The van der Waals surface area contributed by atoms with E-state index in [9.17, 15) is 13.2 Å². The van der Waals surface area contributed by atoms with Gasteiger partial charge in [-0.3, -0.25) is 9.48 Å². The number of aryl methyl sites for hydroxylation is 1. The molecule has 1 amide bonds. The Bertz CT molecular complexity index is 1210. The molecule has 1 aromatic heterocycles. The fourth-order valence-electron chi connectivity index (χ4n) is 3.70. The normalized spacial score (nSPS) is 15.8. The average molecular weight is 473 g/mol. The number of halogens is 1. The highest BCUT2D eigenvalue weighted by atomic mass is 35.5. The van der Waals surface area contributed by atoms with Gasteiger partial charge in [-0.25, -0.2) is 13.1 Å². The van der Waals surface area contributed by atoms with Crippen LogP contribution >= 0.6 is 11.6 Å². The molecule has 1 unspecified atom stereocenters. The molecule has 9 heteroatoms. The lowest BCUT2D eigenvalue weighted by atomic mass is 9.94. The second-order valence-corrected chi connectivity index (χ2v) is 10.4. The molecule has 0 saturated heterocycles. The number of rotatable bonds is 9. The van der Waals surface area contributed by atoms with E-state index in [0.29, 0.717) is 11.4 Å². The molecule has 1 aliphatic carbocycles. The van der Waals surface area contributed by atoms with Crippen LogP contribution in [0.1, 0.15) is 30.0 Å². The topological polar surface area (TPSA) is 93.1 Å². The smallest absolute Gasteiger partial charge is 0.243 e. The lowest BCUT2D eigenvalue weighted by Crippen LogP contribution is -2.41. The standard InChI is InChI=1S/C23H25ClN4O3S/c1-28-16-19(14-25-28)32(30,31)26-15-21(17-7-3-2-4-8-17)27-22(29)23(11-12-23)13-18-9-5-6-10-20(18)24/h2-10,14,16,21,26H,11-13,15H2,1H3,(H,27,29). The van der Waals surface area contributed by atoms with E-state index < -0.39 is 21.5 Å². The minimum Gasteiger partial charge on any atom is -0.347 e. The van der Waals surface area contributed by atoms with E-state index in [-0.39, 0.29) is 17.3 Å². The Hall–Kier alpha value is -2.68. The quantitative estimate of drug-likeness (QED) is 0.500. The van der Waals surface area contributed by atoms with Gasteiger partial charge in [0.1, 0.15) is 4.90 Å². The molecule has 2 N–H and O–H groups in total. The number of hydrogen-bond donors (Lipinski definition) is 2. The molecule has 7 nitrogen and oxygen atoms in total. The van der Waals surface area contributed by atoms with Crippen molar-refractivity contribution in [2.24, 2.45) is 12.5 Å². The molecule has 1 fully saturated rings. The Kier molecular flexibility index (Phi) is 6.37. The molecule has 2 aromatic carbocycles. The number of carbonyl (C=O) groups is 1. The van der Waals surface area contributed by atoms with Crippen LogP contribution in [0.3, 0.4) is 0 Å². The van der Waals surface area contributed by atoms with E-state index in [1.165, 1.54) is 17.1 Å². The zero-order valence-electron chi connectivity index (χ0n) is 17.7. The molecule has 1 heterocycles. The first-order valence-electron chi connectivity index (χ1n) is 10.4. The van der Waals surface area contributed by atoms with Gasteiger partial charge in [-0.15, -0.1) is 0 Å². The van der Waals surface area contributed by atoms with Crippen molar-refractivity contribution in [2.45, 2.75) is 30.2 Å². The van der Waals surface area contributed by atoms with E-state index >= 15 is 0 Å². The van der Waals surface area contributed by atoms with E-state index in [4.69, 9.17) is 11.6 Å². The van der Waals surface area contributed by atoms with Crippen LogP contribution in [-0.4, -0.2) is 30.7 Å². The van der Waals surface area contributed by atoms with Gasteiger partial charge in [0.15, 0.2) is 0 Å². The zero-order valence-corrected chi connectivity index (χ0v) is 19.2. The van der Waals surface area contributed by atoms with Crippen molar-refractivity contribution in [3.8, 4) is 0 Å². The number of nitrogens with one attached hydrogen (secondary N) is 2. The largest absolute Gasteiger partial charge is 0.347 e. The van der Waals surface area contributed by atoms with Gasteiger partial charge >= 0.3 is 0 Å². The SMILES string of the molecule is Cn1cc(S(=O)(=O)NCC(NC(=O)C2(Cc3ccccc3Cl)CC2)c2ccccc2)cn1. The number of carbonyl (C=O) groups excluding carboxylic acids is 1. The third kappa shape index (κ3) is 5.03. The number of amides is 1. The molecular weight excluding hydrogens is 448 g/mol. The summed E-state index contributed by atoms with van der Waals surface area (Å²) in [7, 11) is -2.10. The average Bonchev–Trinajstić information content (AvgIpc) is 3.43. The molecular formula is C23H25ClN4O3S. The number of sulfonamides is 1. The van der Waals surface area contributed by atoms with E-state index in [1.807, 2.05) is 54.6 Å². The Morgan fingerprint density at radius 3 is 2.47 bits per heavy atom. The van der Waals surface area contributed by atoms with Crippen LogP contribution in [0.25, 0.3) is 0 Å².